The summed E-state index contributed by atoms with van der Waals surface area (Å²) in [4.78, 5) is 37.2. The van der Waals surface area contributed by atoms with Gasteiger partial charge in [0.2, 0.25) is 0 Å². The predicted molar refractivity (Wildman–Crippen MR) is 110 cm³/mol. The van der Waals surface area contributed by atoms with E-state index in [2.05, 4.69) is 10.4 Å². The van der Waals surface area contributed by atoms with E-state index in [1.54, 1.807) is 42.8 Å². The van der Waals surface area contributed by atoms with Crippen LogP contribution in [-0.4, -0.2) is 46.9 Å². The van der Waals surface area contributed by atoms with Crippen LogP contribution >= 0.6 is 0 Å². The lowest BCUT2D eigenvalue weighted by Gasteiger charge is -2.35. The molecule has 8 nitrogen and oxygen atoms in total. The molecule has 0 aliphatic heterocycles. The van der Waals surface area contributed by atoms with Gasteiger partial charge in [-0.25, -0.2) is 14.3 Å². The van der Waals surface area contributed by atoms with Crippen molar-refractivity contribution in [3.05, 3.63) is 47.3 Å². The van der Waals surface area contributed by atoms with E-state index in [-0.39, 0.29) is 5.91 Å². The number of benzene rings is 1. The van der Waals surface area contributed by atoms with Crippen LogP contribution in [0.1, 0.15) is 65.4 Å². The van der Waals surface area contributed by atoms with E-state index in [4.69, 9.17) is 9.47 Å². The van der Waals surface area contributed by atoms with Crippen molar-refractivity contribution in [2.45, 2.75) is 51.5 Å². The topological polar surface area (TPSA) is 99.5 Å². The van der Waals surface area contributed by atoms with Crippen molar-refractivity contribution < 1.29 is 23.9 Å². The number of amides is 1. The fourth-order valence-electron chi connectivity index (χ4n) is 3.85. The van der Waals surface area contributed by atoms with Crippen LogP contribution in [0, 0.1) is 6.92 Å². The van der Waals surface area contributed by atoms with Gasteiger partial charge in [0.1, 0.15) is 11.1 Å². The van der Waals surface area contributed by atoms with E-state index in [9.17, 15) is 14.4 Å². The summed E-state index contributed by atoms with van der Waals surface area (Å²) in [5.74, 6) is -1.14. The number of esters is 2. The van der Waals surface area contributed by atoms with Gasteiger partial charge in [0, 0.05) is 5.56 Å². The lowest BCUT2D eigenvalue weighted by Crippen LogP contribution is -2.56. The number of carbonyl (C=O) groups is 3. The number of nitrogens with one attached hydrogen (secondary N) is 1. The molecule has 1 saturated carbocycles. The molecule has 0 unspecified atom stereocenters. The Hall–Kier alpha value is -3.16. The average molecular weight is 413 g/mol. The molecule has 0 bridgehead atoms. The Kier molecular flexibility index (Phi) is 6.54. The minimum Gasteiger partial charge on any atom is -0.467 e. The van der Waals surface area contributed by atoms with Crippen LogP contribution in [0.4, 0.5) is 0 Å². The van der Waals surface area contributed by atoms with Crippen LogP contribution in [0.25, 0.3) is 5.69 Å². The quantitative estimate of drug-likeness (QED) is 0.731. The first kappa shape index (κ1) is 21.5. The van der Waals surface area contributed by atoms with E-state index in [0.29, 0.717) is 42.0 Å². The summed E-state index contributed by atoms with van der Waals surface area (Å²) in [6, 6.07) is 6.83. The minimum absolute atomic E-state index is 0.292. The Morgan fingerprint density at radius 2 is 1.80 bits per heavy atom. The zero-order valence-corrected chi connectivity index (χ0v) is 17.6. The zero-order valence-electron chi connectivity index (χ0n) is 17.6. The number of methoxy groups -OCH3 is 1. The average Bonchev–Trinajstić information content (AvgIpc) is 3.15. The number of hydrogen-bond donors (Lipinski definition) is 1. The zero-order chi connectivity index (χ0) is 21.7. The molecule has 1 aliphatic rings. The highest BCUT2D eigenvalue weighted by Crippen LogP contribution is 2.30. The standard InChI is InChI=1S/C22H27N3O5/c1-4-30-20(27)18-14-23-25(15(18)2)17-10-8-16(9-11-17)19(26)24-22(21(28)29-3)12-6-5-7-13-22/h8-11,14H,4-7,12-13H2,1-3H3,(H,24,26). The molecule has 160 valence electrons. The molecule has 30 heavy (non-hydrogen) atoms. The maximum absolute atomic E-state index is 12.8. The third-order valence-electron chi connectivity index (χ3n) is 5.52. The van der Waals surface area contributed by atoms with E-state index < -0.39 is 17.5 Å². The highest BCUT2D eigenvalue weighted by Gasteiger charge is 2.42. The van der Waals surface area contributed by atoms with Gasteiger partial charge in [-0.2, -0.15) is 5.10 Å². The number of carbonyl (C=O) groups excluding carboxylic acids is 3. The smallest absolute Gasteiger partial charge is 0.341 e. The second-order valence-corrected chi connectivity index (χ2v) is 7.41. The maximum Gasteiger partial charge on any atom is 0.341 e. The van der Waals surface area contributed by atoms with Gasteiger partial charge in [-0.15, -0.1) is 0 Å². The maximum atomic E-state index is 12.8. The Labute approximate surface area is 175 Å². The van der Waals surface area contributed by atoms with Crippen LogP contribution in [0.3, 0.4) is 0 Å². The van der Waals surface area contributed by atoms with Crippen molar-refractivity contribution in [2.75, 3.05) is 13.7 Å². The molecular formula is C22H27N3O5. The minimum atomic E-state index is -0.962. The van der Waals surface area contributed by atoms with Gasteiger partial charge >= 0.3 is 11.9 Å². The molecule has 1 aromatic heterocycles. The van der Waals surface area contributed by atoms with E-state index in [1.165, 1.54) is 13.3 Å². The first-order chi connectivity index (χ1) is 14.4. The first-order valence-corrected chi connectivity index (χ1v) is 10.1. The van der Waals surface area contributed by atoms with Crippen molar-refractivity contribution in [2.24, 2.45) is 0 Å². The van der Waals surface area contributed by atoms with Crippen LogP contribution < -0.4 is 5.32 Å². The molecule has 0 saturated heterocycles. The largest absolute Gasteiger partial charge is 0.467 e. The molecule has 1 aromatic carbocycles. The second kappa shape index (κ2) is 9.11. The molecule has 2 aromatic rings. The monoisotopic (exact) mass is 413 g/mol. The van der Waals surface area contributed by atoms with Crippen LogP contribution in [0.2, 0.25) is 0 Å². The summed E-state index contributed by atoms with van der Waals surface area (Å²) in [6.45, 7) is 3.82. The summed E-state index contributed by atoms with van der Waals surface area (Å²) < 4.78 is 11.6. The van der Waals surface area contributed by atoms with E-state index in [1.807, 2.05) is 0 Å². The molecule has 1 amide bonds. The molecule has 0 radical (unpaired) electrons. The number of rotatable bonds is 6. The Balaban J connectivity index is 1.78. The van der Waals surface area contributed by atoms with Gasteiger partial charge in [0.05, 0.1) is 31.3 Å². The third-order valence-corrected chi connectivity index (χ3v) is 5.52. The molecule has 8 heteroatoms. The Bertz CT molecular complexity index is 927. The van der Waals surface area contributed by atoms with Gasteiger partial charge in [-0.1, -0.05) is 19.3 Å². The van der Waals surface area contributed by atoms with Crippen LogP contribution in [-0.2, 0) is 14.3 Å². The van der Waals surface area contributed by atoms with Crippen LogP contribution in [0.15, 0.2) is 30.5 Å². The normalized spacial score (nSPS) is 15.3. The molecule has 3 rings (SSSR count). The van der Waals surface area contributed by atoms with Gasteiger partial charge in [0.25, 0.3) is 5.91 Å². The molecule has 0 atom stereocenters. The molecular weight excluding hydrogens is 386 g/mol. The fraction of sp³-hybridized carbons (Fsp3) is 0.455. The summed E-state index contributed by atoms with van der Waals surface area (Å²) in [7, 11) is 1.34. The van der Waals surface area contributed by atoms with Gasteiger partial charge in [0.15, 0.2) is 0 Å². The van der Waals surface area contributed by atoms with Crippen molar-refractivity contribution >= 4 is 17.8 Å². The number of ether oxygens (including phenoxy) is 2. The van der Waals surface area contributed by atoms with E-state index in [0.717, 1.165) is 19.3 Å². The molecule has 1 heterocycles. The molecule has 0 spiro atoms. The molecule has 1 N–H and O–H groups in total. The van der Waals surface area contributed by atoms with Crippen molar-refractivity contribution in [1.82, 2.24) is 15.1 Å². The van der Waals surface area contributed by atoms with Crippen molar-refractivity contribution in [3.8, 4) is 5.69 Å². The van der Waals surface area contributed by atoms with Crippen molar-refractivity contribution in [1.29, 1.82) is 0 Å². The summed E-state index contributed by atoms with van der Waals surface area (Å²) >= 11 is 0. The highest BCUT2D eigenvalue weighted by molar-refractivity contribution is 5.98. The van der Waals surface area contributed by atoms with Crippen LogP contribution in [0.5, 0.6) is 0 Å². The SMILES string of the molecule is CCOC(=O)c1cnn(-c2ccc(C(=O)NC3(C(=O)OC)CCCCC3)cc2)c1C. The van der Waals surface area contributed by atoms with Gasteiger partial charge in [-0.3, -0.25) is 4.79 Å². The molecule has 1 fully saturated rings. The summed E-state index contributed by atoms with van der Waals surface area (Å²) in [6.07, 6.45) is 5.40. The predicted octanol–water partition coefficient (Wildman–Crippen LogP) is 2.96. The first-order valence-electron chi connectivity index (χ1n) is 10.1. The lowest BCUT2D eigenvalue weighted by atomic mass is 9.81. The van der Waals surface area contributed by atoms with Crippen molar-refractivity contribution in [3.63, 3.8) is 0 Å². The third kappa shape index (κ3) is 4.22. The number of hydrogen-bond acceptors (Lipinski definition) is 6. The summed E-state index contributed by atoms with van der Waals surface area (Å²) in [5.41, 5.74) is 1.23. The lowest BCUT2D eigenvalue weighted by molar-refractivity contribution is -0.149. The fourth-order valence-corrected chi connectivity index (χ4v) is 3.85. The number of aromatic nitrogens is 2. The molecule has 1 aliphatic carbocycles. The Morgan fingerprint density at radius 3 is 2.40 bits per heavy atom. The summed E-state index contributed by atoms with van der Waals surface area (Å²) in [5, 5.41) is 7.16. The Morgan fingerprint density at radius 1 is 1.13 bits per heavy atom. The highest BCUT2D eigenvalue weighted by atomic mass is 16.5. The second-order valence-electron chi connectivity index (χ2n) is 7.41. The van der Waals surface area contributed by atoms with E-state index >= 15 is 0 Å². The van der Waals surface area contributed by atoms with Gasteiger partial charge in [-0.05, 0) is 51.0 Å². The number of nitrogens with zero attached hydrogens (tertiary/aromatic N) is 2. The van der Waals surface area contributed by atoms with Gasteiger partial charge < -0.3 is 14.8 Å².